The van der Waals surface area contributed by atoms with Crippen LogP contribution >= 0.6 is 0 Å². The molecule has 3 aromatic carbocycles. The molecule has 1 aliphatic carbocycles. The molecule has 0 unspecified atom stereocenters. The second-order valence-electron chi connectivity index (χ2n) is 10.7. The zero-order chi connectivity index (χ0) is 26.1. The molecule has 0 atom stereocenters. The fourth-order valence-electron chi connectivity index (χ4n) is 6.51. The molecule has 0 bridgehead atoms. The number of nitrogens with zero attached hydrogens (tertiary/aromatic N) is 2. The standard InChI is InChI=1S/C33H34N2O3/c36-26(17-15-23-9-3-1-4-10-23)22-34-19-20-35-30-21-25(33(37)38)16-18-27(30)31(24-11-5-2-6-12-24)32(35)28-13-7-8-14-29(28)34/h1,3-4,7-10,13-14,16,18,21,24H,2,5-6,11-12,15,17,19-20,22H2,(H,37,38). The summed E-state index contributed by atoms with van der Waals surface area (Å²) in [4.78, 5) is 27.2. The molecule has 1 aromatic heterocycles. The number of hydrogen-bond acceptors (Lipinski definition) is 3. The molecular formula is C33H34N2O3. The Balaban J connectivity index is 1.40. The number of carbonyl (C=O) groups is 2. The zero-order valence-electron chi connectivity index (χ0n) is 21.7. The summed E-state index contributed by atoms with van der Waals surface area (Å²) >= 11 is 0. The predicted molar refractivity (Wildman–Crippen MR) is 152 cm³/mol. The van der Waals surface area contributed by atoms with Crippen molar-refractivity contribution in [1.29, 1.82) is 0 Å². The second kappa shape index (κ2) is 10.5. The van der Waals surface area contributed by atoms with Crippen molar-refractivity contribution in [2.45, 2.75) is 57.4 Å². The molecule has 2 aliphatic rings. The van der Waals surface area contributed by atoms with E-state index in [0.29, 0.717) is 37.5 Å². The van der Waals surface area contributed by atoms with Crippen LogP contribution in [0.15, 0.2) is 72.8 Å². The third-order valence-corrected chi connectivity index (χ3v) is 8.36. The summed E-state index contributed by atoms with van der Waals surface area (Å²) < 4.78 is 2.33. The lowest BCUT2D eigenvalue weighted by molar-refractivity contribution is -0.117. The Kier molecular flexibility index (Phi) is 6.75. The van der Waals surface area contributed by atoms with Gasteiger partial charge in [0.1, 0.15) is 0 Å². The Hall–Kier alpha value is -3.86. The van der Waals surface area contributed by atoms with Crippen molar-refractivity contribution in [1.82, 2.24) is 4.57 Å². The van der Waals surface area contributed by atoms with Crippen molar-refractivity contribution in [3.63, 3.8) is 0 Å². The number of rotatable bonds is 7. The predicted octanol–water partition coefficient (Wildman–Crippen LogP) is 7.08. The van der Waals surface area contributed by atoms with Crippen molar-refractivity contribution >= 4 is 28.3 Å². The van der Waals surface area contributed by atoms with E-state index in [1.54, 1.807) is 6.07 Å². The number of aryl methyl sites for hydroxylation is 1. The SMILES string of the molecule is O=C(CCc1ccccc1)CN1CCn2c(c(C3CCCCC3)c3ccc(C(=O)O)cc32)-c2ccccc21. The van der Waals surface area contributed by atoms with Gasteiger partial charge in [-0.1, -0.05) is 73.9 Å². The number of ketones is 1. The van der Waals surface area contributed by atoms with Crippen LogP contribution in [-0.4, -0.2) is 34.5 Å². The van der Waals surface area contributed by atoms with Gasteiger partial charge in [-0.25, -0.2) is 4.79 Å². The smallest absolute Gasteiger partial charge is 0.335 e. The lowest BCUT2D eigenvalue weighted by Crippen LogP contribution is -2.32. The Bertz CT molecular complexity index is 1480. The average molecular weight is 507 g/mol. The largest absolute Gasteiger partial charge is 0.478 e. The number of anilines is 1. The minimum Gasteiger partial charge on any atom is -0.478 e. The topological polar surface area (TPSA) is 62.5 Å². The van der Waals surface area contributed by atoms with E-state index in [9.17, 15) is 14.7 Å². The second-order valence-corrected chi connectivity index (χ2v) is 10.7. The minimum atomic E-state index is -0.902. The maximum Gasteiger partial charge on any atom is 0.335 e. The third-order valence-electron chi connectivity index (χ3n) is 8.36. The summed E-state index contributed by atoms with van der Waals surface area (Å²) in [6.07, 6.45) is 7.34. The summed E-state index contributed by atoms with van der Waals surface area (Å²) in [6.45, 7) is 1.79. The van der Waals surface area contributed by atoms with Gasteiger partial charge in [-0.05, 0) is 54.5 Å². The number of para-hydroxylation sites is 1. The maximum atomic E-state index is 13.2. The number of aromatic carboxylic acids is 1. The van der Waals surface area contributed by atoms with E-state index in [2.05, 4.69) is 45.9 Å². The number of carbonyl (C=O) groups excluding carboxylic acids is 1. The molecule has 2 heterocycles. The molecule has 1 aliphatic heterocycles. The molecule has 1 fully saturated rings. The van der Waals surface area contributed by atoms with E-state index in [-0.39, 0.29) is 5.78 Å². The first-order valence-electron chi connectivity index (χ1n) is 13.9. The molecule has 4 aromatic rings. The molecule has 1 saturated carbocycles. The number of benzene rings is 3. The van der Waals surface area contributed by atoms with Gasteiger partial charge in [0.2, 0.25) is 0 Å². The van der Waals surface area contributed by atoms with Crippen molar-refractivity contribution < 1.29 is 14.7 Å². The highest BCUT2D eigenvalue weighted by Crippen LogP contribution is 2.47. The summed E-state index contributed by atoms with van der Waals surface area (Å²) in [5, 5.41) is 10.9. The highest BCUT2D eigenvalue weighted by atomic mass is 16.4. The van der Waals surface area contributed by atoms with Crippen molar-refractivity contribution in [2.24, 2.45) is 0 Å². The molecule has 0 saturated heterocycles. The van der Waals surface area contributed by atoms with Gasteiger partial charge in [-0.2, -0.15) is 0 Å². The summed E-state index contributed by atoms with van der Waals surface area (Å²) in [6, 6.07) is 24.3. The van der Waals surface area contributed by atoms with Gasteiger partial charge in [0.15, 0.2) is 5.78 Å². The number of aromatic nitrogens is 1. The molecule has 6 rings (SSSR count). The van der Waals surface area contributed by atoms with Crippen molar-refractivity contribution in [3.8, 4) is 11.3 Å². The summed E-state index contributed by atoms with van der Waals surface area (Å²) in [5.74, 6) is -0.202. The van der Waals surface area contributed by atoms with Gasteiger partial charge < -0.3 is 14.6 Å². The zero-order valence-corrected chi connectivity index (χ0v) is 21.7. The van der Waals surface area contributed by atoms with Gasteiger partial charge in [-0.3, -0.25) is 4.79 Å². The van der Waals surface area contributed by atoms with E-state index in [0.717, 1.165) is 36.0 Å². The van der Waals surface area contributed by atoms with Crippen LogP contribution in [0, 0.1) is 0 Å². The van der Waals surface area contributed by atoms with Crippen LogP contribution in [0.3, 0.4) is 0 Å². The van der Waals surface area contributed by atoms with Crippen LogP contribution in [0.1, 0.15) is 65.9 Å². The fraction of sp³-hybridized carbons (Fsp3) is 0.333. The van der Waals surface area contributed by atoms with Gasteiger partial charge in [0.25, 0.3) is 0 Å². The van der Waals surface area contributed by atoms with Crippen molar-refractivity contribution in [2.75, 3.05) is 18.0 Å². The van der Waals surface area contributed by atoms with E-state index in [1.165, 1.54) is 41.5 Å². The first-order chi connectivity index (χ1) is 18.6. The molecule has 1 N–H and O–H groups in total. The van der Waals surface area contributed by atoms with E-state index >= 15 is 0 Å². The van der Waals surface area contributed by atoms with Gasteiger partial charge >= 0.3 is 5.97 Å². The lowest BCUT2D eigenvalue weighted by atomic mass is 9.81. The molecule has 5 nitrogen and oxygen atoms in total. The van der Waals surface area contributed by atoms with Crippen molar-refractivity contribution in [3.05, 3.63) is 89.5 Å². The third kappa shape index (κ3) is 4.62. The normalized spacial score (nSPS) is 15.6. The van der Waals surface area contributed by atoms with Crippen LogP contribution in [0.2, 0.25) is 0 Å². The average Bonchev–Trinajstić information content (AvgIpc) is 3.19. The molecule has 0 amide bonds. The number of carboxylic acids is 1. The molecule has 5 heteroatoms. The maximum absolute atomic E-state index is 13.2. The van der Waals surface area contributed by atoms with Crippen LogP contribution < -0.4 is 4.90 Å². The van der Waals surface area contributed by atoms with Gasteiger partial charge in [-0.15, -0.1) is 0 Å². The molecule has 0 radical (unpaired) electrons. The number of fused-ring (bicyclic) bond motifs is 5. The highest BCUT2D eigenvalue weighted by Gasteiger charge is 2.31. The first-order valence-corrected chi connectivity index (χ1v) is 13.9. The lowest BCUT2D eigenvalue weighted by Gasteiger charge is -2.26. The van der Waals surface area contributed by atoms with Crippen LogP contribution in [0.5, 0.6) is 0 Å². The fourth-order valence-corrected chi connectivity index (χ4v) is 6.51. The van der Waals surface area contributed by atoms with Crippen LogP contribution in [0.25, 0.3) is 22.2 Å². The number of Topliss-reactive ketones (excluding diaryl/α,β-unsaturated/α-hetero) is 1. The molecule has 194 valence electrons. The highest BCUT2D eigenvalue weighted by molar-refractivity contribution is 6.00. The van der Waals surface area contributed by atoms with Gasteiger partial charge in [0, 0.05) is 41.7 Å². The Labute approximate surface area is 223 Å². The quantitative estimate of drug-likeness (QED) is 0.291. The van der Waals surface area contributed by atoms with Gasteiger partial charge in [0.05, 0.1) is 17.8 Å². The number of carboxylic acid groups (broad SMARTS) is 1. The number of hydrogen-bond donors (Lipinski definition) is 1. The van der Waals surface area contributed by atoms with Crippen LogP contribution in [0.4, 0.5) is 5.69 Å². The Morgan fingerprint density at radius 2 is 1.63 bits per heavy atom. The summed E-state index contributed by atoms with van der Waals surface area (Å²) in [5.41, 5.74) is 7.31. The molecule has 0 spiro atoms. The van der Waals surface area contributed by atoms with E-state index in [1.807, 2.05) is 30.3 Å². The first kappa shape index (κ1) is 24.5. The van der Waals surface area contributed by atoms with Crippen LogP contribution in [-0.2, 0) is 17.8 Å². The Morgan fingerprint density at radius 3 is 2.42 bits per heavy atom. The molecule has 38 heavy (non-hydrogen) atoms. The van der Waals surface area contributed by atoms with E-state index in [4.69, 9.17) is 0 Å². The monoisotopic (exact) mass is 506 g/mol. The Morgan fingerprint density at radius 1 is 0.868 bits per heavy atom. The molecular weight excluding hydrogens is 472 g/mol. The van der Waals surface area contributed by atoms with E-state index < -0.39 is 5.97 Å². The summed E-state index contributed by atoms with van der Waals surface area (Å²) in [7, 11) is 0. The minimum absolute atomic E-state index is 0.237.